The van der Waals surface area contributed by atoms with E-state index in [0.29, 0.717) is 31.0 Å². The summed E-state index contributed by atoms with van der Waals surface area (Å²) >= 11 is 0. The molecule has 2 heterocycles. The molecule has 8 heteroatoms. The van der Waals surface area contributed by atoms with Gasteiger partial charge in [0.25, 0.3) is 5.95 Å². The fraction of sp³-hybridized carbons (Fsp3) is 0.500. The maximum absolute atomic E-state index is 5.66. The lowest BCUT2D eigenvalue weighted by atomic mass is 10.2. The first-order chi connectivity index (χ1) is 9.65. The van der Waals surface area contributed by atoms with Gasteiger partial charge in [0.15, 0.2) is 0 Å². The highest BCUT2D eigenvalue weighted by molar-refractivity contribution is 5.34. The van der Waals surface area contributed by atoms with Gasteiger partial charge in [0.2, 0.25) is 11.9 Å². The first kappa shape index (κ1) is 14.2. The Hall–Kier alpha value is -2.22. The van der Waals surface area contributed by atoms with Crippen LogP contribution in [0, 0.1) is 5.92 Å². The Morgan fingerprint density at radius 1 is 1.35 bits per heavy atom. The SMILES string of the molecule is CC(C)COCCNc1nc(N)nc(-n2cccn2)n1. The molecule has 0 aliphatic carbocycles. The topological polar surface area (TPSA) is 104 Å². The van der Waals surface area contributed by atoms with Crippen molar-refractivity contribution in [3.63, 3.8) is 0 Å². The number of nitrogens with two attached hydrogens (primary N) is 1. The summed E-state index contributed by atoms with van der Waals surface area (Å²) in [5.41, 5.74) is 5.66. The predicted molar refractivity (Wildman–Crippen MR) is 75.5 cm³/mol. The minimum atomic E-state index is 0.149. The molecule has 0 amide bonds. The number of anilines is 2. The molecule has 2 aromatic rings. The van der Waals surface area contributed by atoms with E-state index in [-0.39, 0.29) is 5.95 Å². The molecule has 0 aromatic carbocycles. The Labute approximate surface area is 117 Å². The lowest BCUT2D eigenvalue weighted by Gasteiger charge is -2.09. The highest BCUT2D eigenvalue weighted by Gasteiger charge is 2.06. The first-order valence-electron chi connectivity index (χ1n) is 6.48. The largest absolute Gasteiger partial charge is 0.379 e. The summed E-state index contributed by atoms with van der Waals surface area (Å²) in [5, 5.41) is 7.11. The molecule has 2 rings (SSSR count). The molecule has 0 unspecified atom stereocenters. The number of aromatic nitrogens is 5. The molecule has 0 bridgehead atoms. The van der Waals surface area contributed by atoms with Gasteiger partial charge in [-0.25, -0.2) is 4.68 Å². The minimum Gasteiger partial charge on any atom is -0.379 e. The van der Waals surface area contributed by atoms with E-state index in [0.717, 1.165) is 6.61 Å². The summed E-state index contributed by atoms with van der Waals surface area (Å²) in [6.45, 7) is 6.14. The molecule has 0 aliphatic rings. The normalized spacial score (nSPS) is 10.9. The highest BCUT2D eigenvalue weighted by Crippen LogP contribution is 2.05. The van der Waals surface area contributed by atoms with Crippen LogP contribution in [-0.4, -0.2) is 44.5 Å². The van der Waals surface area contributed by atoms with Crippen molar-refractivity contribution in [2.24, 2.45) is 5.92 Å². The predicted octanol–water partition coefficient (Wildman–Crippen LogP) is 0.724. The number of hydrogen-bond donors (Lipinski definition) is 2. The van der Waals surface area contributed by atoms with E-state index >= 15 is 0 Å². The second-order valence-electron chi connectivity index (χ2n) is 4.66. The lowest BCUT2D eigenvalue weighted by molar-refractivity contribution is 0.118. The summed E-state index contributed by atoms with van der Waals surface area (Å²) in [5.74, 6) is 1.47. The van der Waals surface area contributed by atoms with Crippen molar-refractivity contribution in [1.29, 1.82) is 0 Å². The van der Waals surface area contributed by atoms with Gasteiger partial charge in [-0.3, -0.25) is 0 Å². The zero-order valence-corrected chi connectivity index (χ0v) is 11.7. The molecule has 0 saturated heterocycles. The van der Waals surface area contributed by atoms with Crippen LogP contribution in [0.3, 0.4) is 0 Å². The lowest BCUT2D eigenvalue weighted by Crippen LogP contribution is -2.16. The molecule has 0 fully saturated rings. The molecule has 2 aromatic heterocycles. The van der Waals surface area contributed by atoms with Crippen LogP contribution in [0.4, 0.5) is 11.9 Å². The quantitative estimate of drug-likeness (QED) is 0.719. The minimum absolute atomic E-state index is 0.149. The van der Waals surface area contributed by atoms with E-state index in [1.807, 2.05) is 0 Å². The Morgan fingerprint density at radius 2 is 2.20 bits per heavy atom. The molecule has 0 saturated carbocycles. The zero-order chi connectivity index (χ0) is 14.4. The van der Waals surface area contributed by atoms with Crippen LogP contribution in [0.15, 0.2) is 18.5 Å². The summed E-state index contributed by atoms with van der Waals surface area (Å²) in [4.78, 5) is 12.3. The average molecular weight is 277 g/mol. The smallest absolute Gasteiger partial charge is 0.257 e. The van der Waals surface area contributed by atoms with Gasteiger partial charge in [-0.15, -0.1) is 0 Å². The van der Waals surface area contributed by atoms with Crippen LogP contribution >= 0.6 is 0 Å². The van der Waals surface area contributed by atoms with Crippen LogP contribution in [0.1, 0.15) is 13.8 Å². The standard InChI is InChI=1S/C12H19N7O/c1-9(2)8-20-7-5-14-11-16-10(13)17-12(18-11)19-6-3-4-15-19/h3-4,6,9H,5,7-8H2,1-2H3,(H3,13,14,16,17,18). The van der Waals surface area contributed by atoms with E-state index in [2.05, 4.69) is 39.2 Å². The van der Waals surface area contributed by atoms with Gasteiger partial charge in [0.05, 0.1) is 6.61 Å². The Bertz CT molecular complexity index is 527. The zero-order valence-electron chi connectivity index (χ0n) is 11.7. The number of nitrogens with one attached hydrogen (secondary N) is 1. The van der Waals surface area contributed by atoms with Gasteiger partial charge in [0.1, 0.15) is 0 Å². The molecule has 0 radical (unpaired) electrons. The number of rotatable bonds is 7. The molecule has 3 N–H and O–H groups in total. The van der Waals surface area contributed by atoms with Crippen molar-refractivity contribution in [1.82, 2.24) is 24.7 Å². The molecule has 0 aliphatic heterocycles. The van der Waals surface area contributed by atoms with E-state index in [9.17, 15) is 0 Å². The van der Waals surface area contributed by atoms with E-state index < -0.39 is 0 Å². The van der Waals surface area contributed by atoms with E-state index in [4.69, 9.17) is 10.5 Å². The fourth-order valence-corrected chi connectivity index (χ4v) is 1.50. The number of ether oxygens (including phenoxy) is 1. The van der Waals surface area contributed by atoms with E-state index in [1.54, 1.807) is 18.5 Å². The molecule has 20 heavy (non-hydrogen) atoms. The Morgan fingerprint density at radius 3 is 2.90 bits per heavy atom. The van der Waals surface area contributed by atoms with Gasteiger partial charge >= 0.3 is 0 Å². The summed E-state index contributed by atoms with van der Waals surface area (Å²) in [6, 6.07) is 1.78. The van der Waals surface area contributed by atoms with Crippen LogP contribution in [0.2, 0.25) is 0 Å². The fourth-order valence-electron chi connectivity index (χ4n) is 1.50. The van der Waals surface area contributed by atoms with Gasteiger partial charge < -0.3 is 15.8 Å². The summed E-state index contributed by atoms with van der Waals surface area (Å²) in [6.07, 6.45) is 3.39. The van der Waals surface area contributed by atoms with Crippen molar-refractivity contribution < 1.29 is 4.74 Å². The van der Waals surface area contributed by atoms with Crippen LogP contribution in [0.5, 0.6) is 0 Å². The third-order valence-electron chi connectivity index (χ3n) is 2.33. The average Bonchev–Trinajstić information content (AvgIpc) is 2.91. The second-order valence-corrected chi connectivity index (χ2v) is 4.66. The van der Waals surface area contributed by atoms with Gasteiger partial charge in [-0.2, -0.15) is 20.1 Å². The third-order valence-corrected chi connectivity index (χ3v) is 2.33. The van der Waals surface area contributed by atoms with Crippen molar-refractivity contribution >= 4 is 11.9 Å². The summed E-state index contributed by atoms with van der Waals surface area (Å²) in [7, 11) is 0. The molecular formula is C12H19N7O. The van der Waals surface area contributed by atoms with Gasteiger partial charge in [-0.1, -0.05) is 13.8 Å². The van der Waals surface area contributed by atoms with Crippen molar-refractivity contribution in [2.75, 3.05) is 30.8 Å². The van der Waals surface area contributed by atoms with Crippen molar-refractivity contribution in [3.05, 3.63) is 18.5 Å². The molecular weight excluding hydrogens is 258 g/mol. The van der Waals surface area contributed by atoms with Crippen LogP contribution in [0.25, 0.3) is 5.95 Å². The molecule has 8 nitrogen and oxygen atoms in total. The van der Waals surface area contributed by atoms with Gasteiger partial charge in [0, 0.05) is 25.5 Å². The highest BCUT2D eigenvalue weighted by atomic mass is 16.5. The first-order valence-corrected chi connectivity index (χ1v) is 6.48. The summed E-state index contributed by atoms with van der Waals surface area (Å²) < 4.78 is 6.99. The molecule has 108 valence electrons. The van der Waals surface area contributed by atoms with Crippen molar-refractivity contribution in [2.45, 2.75) is 13.8 Å². The second kappa shape index (κ2) is 6.80. The number of nitrogens with zero attached hydrogens (tertiary/aromatic N) is 5. The van der Waals surface area contributed by atoms with Gasteiger partial charge in [-0.05, 0) is 12.0 Å². The van der Waals surface area contributed by atoms with Crippen LogP contribution < -0.4 is 11.1 Å². The maximum Gasteiger partial charge on any atom is 0.257 e. The maximum atomic E-state index is 5.66. The third kappa shape index (κ3) is 4.16. The Balaban J connectivity index is 1.92. The molecule has 0 spiro atoms. The number of hydrogen-bond acceptors (Lipinski definition) is 7. The molecule has 0 atom stereocenters. The monoisotopic (exact) mass is 277 g/mol. The van der Waals surface area contributed by atoms with Crippen LogP contribution in [-0.2, 0) is 4.74 Å². The number of nitrogen functional groups attached to an aromatic ring is 1. The van der Waals surface area contributed by atoms with Crippen molar-refractivity contribution in [3.8, 4) is 5.95 Å². The van der Waals surface area contributed by atoms with E-state index in [1.165, 1.54) is 4.68 Å². The Kier molecular flexibility index (Phi) is 4.83.